The maximum Gasteiger partial charge on any atom is 0.433 e. The van der Waals surface area contributed by atoms with E-state index in [1.54, 1.807) is 24.1 Å². The summed E-state index contributed by atoms with van der Waals surface area (Å²) in [4.78, 5) is 23.1. The third kappa shape index (κ3) is 5.72. The number of amides is 1. The van der Waals surface area contributed by atoms with Gasteiger partial charge in [-0.1, -0.05) is 6.42 Å². The average Bonchev–Trinajstić information content (AvgIpc) is 3.13. The van der Waals surface area contributed by atoms with Crippen molar-refractivity contribution in [1.82, 2.24) is 4.31 Å². The van der Waals surface area contributed by atoms with E-state index < -0.39 is 16.7 Å². The third-order valence-corrected chi connectivity index (χ3v) is 5.75. The molecule has 1 aliphatic heterocycles. The molecule has 1 unspecified atom stereocenters. The number of halogens is 1. The molecule has 1 aliphatic rings. The molecule has 9 heteroatoms. The highest BCUT2D eigenvalue weighted by Crippen LogP contribution is 2.28. The third-order valence-electron chi connectivity index (χ3n) is 4.21. The van der Waals surface area contributed by atoms with E-state index in [0.717, 1.165) is 49.7 Å². The van der Waals surface area contributed by atoms with Crippen LogP contribution in [-0.2, 0) is 0 Å². The molecule has 0 spiro atoms. The fourth-order valence-electron chi connectivity index (χ4n) is 2.77. The van der Waals surface area contributed by atoms with Crippen LogP contribution in [0, 0.1) is 10.1 Å². The quantitative estimate of drug-likeness (QED) is 0.326. The van der Waals surface area contributed by atoms with E-state index in [0.29, 0.717) is 5.69 Å². The average molecular weight is 410 g/mol. The van der Waals surface area contributed by atoms with Crippen molar-refractivity contribution in [2.75, 3.05) is 18.4 Å². The predicted molar refractivity (Wildman–Crippen MR) is 105 cm³/mol. The molecule has 1 N–H and O–H groups in total. The lowest BCUT2D eigenvalue weighted by Crippen LogP contribution is -2.23. The zero-order valence-corrected chi connectivity index (χ0v) is 16.2. The zero-order chi connectivity index (χ0) is 19.2. The molecule has 0 aliphatic carbocycles. The van der Waals surface area contributed by atoms with Gasteiger partial charge in [-0.25, -0.2) is 4.31 Å². The standard InChI is InChI=1S/C18H20ClN3O4S/c19-13-3-1-2-11-21(12-10-13)27-15-6-4-14(5-7-15)20-18(23)16-8-9-17(26-16)22(24)25/h4-9,13H,1-3,10-12H2,(H,20,23). The van der Waals surface area contributed by atoms with Crippen LogP contribution in [0.5, 0.6) is 0 Å². The predicted octanol–water partition coefficient (Wildman–Crippen LogP) is 4.93. The molecule has 7 nitrogen and oxygen atoms in total. The van der Waals surface area contributed by atoms with Crippen molar-refractivity contribution < 1.29 is 14.1 Å². The van der Waals surface area contributed by atoms with Gasteiger partial charge < -0.3 is 9.73 Å². The molecule has 2 aromatic rings. The van der Waals surface area contributed by atoms with E-state index in [4.69, 9.17) is 16.0 Å². The molecule has 1 saturated heterocycles. The van der Waals surface area contributed by atoms with Gasteiger partial charge in [0.2, 0.25) is 0 Å². The monoisotopic (exact) mass is 409 g/mol. The molecule has 1 amide bonds. The largest absolute Gasteiger partial charge is 0.433 e. The Morgan fingerprint density at radius 2 is 1.96 bits per heavy atom. The molecular weight excluding hydrogens is 390 g/mol. The van der Waals surface area contributed by atoms with Crippen LogP contribution in [0.15, 0.2) is 45.7 Å². The highest BCUT2D eigenvalue weighted by atomic mass is 35.5. The van der Waals surface area contributed by atoms with Gasteiger partial charge in [0.1, 0.15) is 4.92 Å². The first kappa shape index (κ1) is 19.7. The van der Waals surface area contributed by atoms with Crippen molar-refractivity contribution in [2.45, 2.75) is 36.0 Å². The molecule has 2 heterocycles. The lowest BCUT2D eigenvalue weighted by Gasteiger charge is -2.25. The van der Waals surface area contributed by atoms with E-state index in [2.05, 4.69) is 9.62 Å². The van der Waals surface area contributed by atoms with E-state index in [9.17, 15) is 14.9 Å². The fraction of sp³-hybridized carbons (Fsp3) is 0.389. The smallest absolute Gasteiger partial charge is 0.395 e. The fourth-order valence-corrected chi connectivity index (χ4v) is 4.00. The Hall–Kier alpha value is -2.03. The van der Waals surface area contributed by atoms with E-state index in [1.807, 2.05) is 12.1 Å². The summed E-state index contributed by atoms with van der Waals surface area (Å²) < 4.78 is 7.22. The van der Waals surface area contributed by atoms with Gasteiger partial charge in [0.25, 0.3) is 5.91 Å². The van der Waals surface area contributed by atoms with Gasteiger partial charge in [0.15, 0.2) is 5.76 Å². The van der Waals surface area contributed by atoms with Crippen molar-refractivity contribution in [3.63, 3.8) is 0 Å². The van der Waals surface area contributed by atoms with Gasteiger partial charge in [-0.3, -0.25) is 14.9 Å². The summed E-state index contributed by atoms with van der Waals surface area (Å²) in [5, 5.41) is 13.5. The number of furan rings is 1. The minimum atomic E-state index is -0.681. The maximum absolute atomic E-state index is 12.1. The summed E-state index contributed by atoms with van der Waals surface area (Å²) in [6, 6.07) is 9.90. The number of carbonyl (C=O) groups is 1. The van der Waals surface area contributed by atoms with E-state index >= 15 is 0 Å². The van der Waals surface area contributed by atoms with Crippen LogP contribution in [0.4, 0.5) is 11.6 Å². The molecule has 0 saturated carbocycles. The Labute approximate surface area is 166 Å². The first-order valence-electron chi connectivity index (χ1n) is 8.74. The SMILES string of the molecule is O=C(Nc1ccc(SN2CCCCC(Cl)CC2)cc1)c1ccc([N+](=O)[O-])o1. The summed E-state index contributed by atoms with van der Waals surface area (Å²) in [6.45, 7) is 1.98. The molecule has 1 aromatic carbocycles. The second-order valence-corrected chi connectivity index (χ2v) is 8.06. The van der Waals surface area contributed by atoms with Crippen LogP contribution in [-0.4, -0.2) is 33.6 Å². The second kappa shape index (κ2) is 9.25. The molecular formula is C18H20ClN3O4S. The van der Waals surface area contributed by atoms with Crippen LogP contribution in [0.25, 0.3) is 0 Å². The minimum absolute atomic E-state index is 0.101. The van der Waals surface area contributed by atoms with Crippen LogP contribution in [0.2, 0.25) is 0 Å². The Morgan fingerprint density at radius 3 is 2.67 bits per heavy atom. The van der Waals surface area contributed by atoms with Crippen LogP contribution in [0.3, 0.4) is 0 Å². The summed E-state index contributed by atoms with van der Waals surface area (Å²) >= 11 is 7.97. The maximum atomic E-state index is 12.1. The van der Waals surface area contributed by atoms with Crippen molar-refractivity contribution >= 4 is 41.0 Å². The molecule has 3 rings (SSSR count). The molecule has 0 radical (unpaired) electrons. The number of hydrogen-bond donors (Lipinski definition) is 1. The Kier molecular flexibility index (Phi) is 6.76. The second-order valence-electron chi connectivity index (χ2n) is 6.28. The molecule has 0 bridgehead atoms. The Balaban J connectivity index is 1.56. The minimum Gasteiger partial charge on any atom is -0.395 e. The van der Waals surface area contributed by atoms with Crippen molar-refractivity contribution in [3.8, 4) is 0 Å². The number of alkyl halides is 1. The van der Waals surface area contributed by atoms with Gasteiger partial charge in [0.05, 0.1) is 6.07 Å². The number of hydrogen-bond acceptors (Lipinski definition) is 6. The number of nitro groups is 1. The van der Waals surface area contributed by atoms with Gasteiger partial charge in [0, 0.05) is 29.0 Å². The van der Waals surface area contributed by atoms with Crippen LogP contribution >= 0.6 is 23.5 Å². The lowest BCUT2D eigenvalue weighted by molar-refractivity contribution is -0.402. The van der Waals surface area contributed by atoms with Crippen molar-refractivity contribution in [3.05, 3.63) is 52.3 Å². The van der Waals surface area contributed by atoms with Crippen molar-refractivity contribution in [2.24, 2.45) is 0 Å². The zero-order valence-electron chi connectivity index (χ0n) is 14.6. The van der Waals surface area contributed by atoms with Crippen LogP contribution in [0.1, 0.15) is 36.2 Å². The van der Waals surface area contributed by atoms with E-state index in [1.165, 1.54) is 6.07 Å². The highest BCUT2D eigenvalue weighted by Gasteiger charge is 2.18. The highest BCUT2D eigenvalue weighted by molar-refractivity contribution is 7.97. The molecule has 144 valence electrons. The van der Waals surface area contributed by atoms with Crippen LogP contribution < -0.4 is 5.32 Å². The number of carbonyl (C=O) groups excluding carboxylic acids is 1. The molecule has 1 fully saturated rings. The van der Waals surface area contributed by atoms with Gasteiger partial charge in [-0.2, -0.15) is 0 Å². The lowest BCUT2D eigenvalue weighted by atomic mass is 10.1. The van der Waals surface area contributed by atoms with Crippen molar-refractivity contribution in [1.29, 1.82) is 0 Å². The normalized spacial score (nSPS) is 18.5. The Bertz CT molecular complexity index is 796. The summed E-state index contributed by atoms with van der Waals surface area (Å²) in [7, 11) is 0. The summed E-state index contributed by atoms with van der Waals surface area (Å²) in [6.07, 6.45) is 4.37. The first-order valence-corrected chi connectivity index (χ1v) is 9.95. The Morgan fingerprint density at radius 1 is 1.19 bits per heavy atom. The molecule has 1 aromatic heterocycles. The van der Waals surface area contributed by atoms with Gasteiger partial charge in [-0.05, 0) is 61.5 Å². The number of nitrogens with zero attached hydrogens (tertiary/aromatic N) is 2. The number of rotatable bonds is 5. The number of nitrogens with one attached hydrogen (secondary N) is 1. The summed E-state index contributed by atoms with van der Waals surface area (Å²) in [5.41, 5.74) is 0.594. The number of benzene rings is 1. The first-order chi connectivity index (χ1) is 13.0. The summed E-state index contributed by atoms with van der Waals surface area (Å²) in [5.74, 6) is -1.09. The molecule has 1 atom stereocenters. The van der Waals surface area contributed by atoms with Gasteiger partial charge in [-0.15, -0.1) is 11.6 Å². The molecule has 27 heavy (non-hydrogen) atoms. The number of anilines is 1. The topological polar surface area (TPSA) is 88.6 Å². The van der Waals surface area contributed by atoms with Gasteiger partial charge >= 0.3 is 5.88 Å². The van der Waals surface area contributed by atoms with E-state index in [-0.39, 0.29) is 11.1 Å².